The molecule has 0 fully saturated rings. The first-order valence-corrected chi connectivity index (χ1v) is 8.22. The molecule has 0 aliphatic heterocycles. The van der Waals surface area contributed by atoms with E-state index in [1.54, 1.807) is 24.3 Å². The lowest BCUT2D eigenvalue weighted by atomic mass is 10.2. The number of hydrogen-bond acceptors (Lipinski definition) is 6. The van der Waals surface area contributed by atoms with Crippen LogP contribution in [0.25, 0.3) is 11.5 Å². The highest BCUT2D eigenvalue weighted by atomic mass is 16.5. The minimum Gasteiger partial charge on any atom is -0.493 e. The van der Waals surface area contributed by atoms with Crippen LogP contribution in [0.1, 0.15) is 11.5 Å². The number of aliphatic hydroxyl groups is 1. The predicted molar refractivity (Wildman–Crippen MR) is 95.0 cm³/mol. The van der Waals surface area contributed by atoms with E-state index in [4.69, 9.17) is 19.0 Å². The Bertz CT molecular complexity index is 856. The van der Waals surface area contributed by atoms with E-state index in [1.165, 1.54) is 0 Å². The number of carbonyl (C=O) groups excluding carboxylic acids is 1. The van der Waals surface area contributed by atoms with E-state index in [-0.39, 0.29) is 0 Å². The van der Waals surface area contributed by atoms with Crippen molar-refractivity contribution in [1.82, 2.24) is 4.98 Å². The van der Waals surface area contributed by atoms with Crippen molar-refractivity contribution < 1.29 is 23.8 Å². The van der Waals surface area contributed by atoms with Crippen LogP contribution in [0.2, 0.25) is 0 Å². The van der Waals surface area contributed by atoms with Crippen LogP contribution in [-0.4, -0.2) is 29.3 Å². The summed E-state index contributed by atoms with van der Waals surface area (Å²) < 4.78 is 16.3. The molecule has 3 aromatic rings. The summed E-state index contributed by atoms with van der Waals surface area (Å²) in [5.74, 6) is 1.69. The molecule has 0 unspecified atom stereocenters. The molecule has 1 heterocycles. The number of carbonyl (C=O) groups is 1. The van der Waals surface area contributed by atoms with Gasteiger partial charge in [-0.15, -0.1) is 0 Å². The molecule has 1 N–H and O–H groups in total. The highest BCUT2D eigenvalue weighted by Crippen LogP contribution is 2.22. The number of aliphatic hydroxyl groups excluding tert-OH is 1. The zero-order valence-corrected chi connectivity index (χ0v) is 14.3. The lowest BCUT2D eigenvalue weighted by molar-refractivity contribution is -0.137. The van der Waals surface area contributed by atoms with Crippen molar-refractivity contribution >= 4 is 5.97 Å². The van der Waals surface area contributed by atoms with Crippen LogP contribution < -0.4 is 9.47 Å². The topological polar surface area (TPSA) is 81.8 Å². The van der Waals surface area contributed by atoms with E-state index in [0.29, 0.717) is 30.4 Å². The Labute approximate surface area is 151 Å². The molecule has 2 aromatic carbocycles. The van der Waals surface area contributed by atoms with Crippen molar-refractivity contribution in [2.24, 2.45) is 0 Å². The average Bonchev–Trinajstić information content (AvgIpc) is 3.04. The second kappa shape index (κ2) is 8.31. The van der Waals surface area contributed by atoms with E-state index in [1.807, 2.05) is 37.3 Å². The monoisotopic (exact) mass is 353 g/mol. The number of hydrogen-bond donors (Lipinski definition) is 1. The predicted octanol–water partition coefficient (Wildman–Crippen LogP) is 3.17. The summed E-state index contributed by atoms with van der Waals surface area (Å²) in [4.78, 5) is 15.6. The molecule has 0 bridgehead atoms. The fourth-order valence-electron chi connectivity index (χ4n) is 2.40. The van der Waals surface area contributed by atoms with Crippen molar-refractivity contribution in [3.05, 3.63) is 66.1 Å². The van der Waals surface area contributed by atoms with E-state index < -0.39 is 12.6 Å². The first-order valence-electron chi connectivity index (χ1n) is 8.22. The van der Waals surface area contributed by atoms with Gasteiger partial charge in [0.05, 0.1) is 12.3 Å². The number of esters is 1. The van der Waals surface area contributed by atoms with E-state index in [0.717, 1.165) is 17.0 Å². The Morgan fingerprint density at radius 1 is 1.08 bits per heavy atom. The number of ether oxygens (including phenoxy) is 2. The van der Waals surface area contributed by atoms with Crippen LogP contribution in [-0.2, 0) is 11.2 Å². The molecular formula is C20H19NO5. The molecule has 6 nitrogen and oxygen atoms in total. The third-order valence-corrected chi connectivity index (χ3v) is 3.71. The summed E-state index contributed by atoms with van der Waals surface area (Å²) in [5, 5.41) is 8.66. The molecule has 1 aromatic heterocycles. The number of nitrogens with zero attached hydrogens (tertiary/aromatic N) is 1. The van der Waals surface area contributed by atoms with Gasteiger partial charge in [-0.2, -0.15) is 0 Å². The van der Waals surface area contributed by atoms with Gasteiger partial charge < -0.3 is 19.0 Å². The molecule has 0 aliphatic rings. The maximum atomic E-state index is 11.0. The number of benzene rings is 2. The second-order valence-corrected chi connectivity index (χ2v) is 5.59. The molecule has 6 heteroatoms. The molecule has 26 heavy (non-hydrogen) atoms. The lowest BCUT2D eigenvalue weighted by Gasteiger charge is -2.06. The van der Waals surface area contributed by atoms with Gasteiger partial charge in [-0.1, -0.05) is 18.2 Å². The Hall–Kier alpha value is -3.12. The van der Waals surface area contributed by atoms with Gasteiger partial charge in [0.15, 0.2) is 0 Å². The molecule has 0 amide bonds. The zero-order valence-electron chi connectivity index (χ0n) is 14.3. The third kappa shape index (κ3) is 4.49. The van der Waals surface area contributed by atoms with Crippen LogP contribution in [0.5, 0.6) is 11.5 Å². The van der Waals surface area contributed by atoms with Gasteiger partial charge in [0.2, 0.25) is 5.89 Å². The summed E-state index contributed by atoms with van der Waals surface area (Å²) in [7, 11) is 0. The summed E-state index contributed by atoms with van der Waals surface area (Å²) in [6.07, 6.45) is 0.615. The van der Waals surface area contributed by atoms with Gasteiger partial charge in [-0.25, -0.2) is 9.78 Å². The van der Waals surface area contributed by atoms with Gasteiger partial charge in [0.1, 0.15) is 23.9 Å². The van der Waals surface area contributed by atoms with E-state index in [2.05, 4.69) is 4.98 Å². The number of aryl methyl sites for hydroxylation is 1. The molecule has 0 saturated carbocycles. The lowest BCUT2D eigenvalue weighted by Crippen LogP contribution is -2.12. The number of aromatic nitrogens is 1. The standard InChI is InChI=1S/C20H19NO5/c1-14-18(21-20(25-14)15-5-3-2-4-6-15)11-12-24-16-7-9-17(10-8-16)26-19(23)13-22/h2-10,22H,11-13H2,1H3. The molecule has 0 saturated heterocycles. The minimum atomic E-state index is -0.700. The number of oxazole rings is 1. The maximum absolute atomic E-state index is 11.0. The fourth-order valence-corrected chi connectivity index (χ4v) is 2.40. The van der Waals surface area contributed by atoms with Crippen LogP contribution in [0.3, 0.4) is 0 Å². The van der Waals surface area contributed by atoms with E-state index in [9.17, 15) is 4.79 Å². The highest BCUT2D eigenvalue weighted by Gasteiger charge is 2.11. The van der Waals surface area contributed by atoms with Crippen LogP contribution in [0.15, 0.2) is 59.0 Å². The van der Waals surface area contributed by atoms with Gasteiger partial charge in [0.25, 0.3) is 0 Å². The fraction of sp³-hybridized carbons (Fsp3) is 0.200. The second-order valence-electron chi connectivity index (χ2n) is 5.59. The van der Waals surface area contributed by atoms with Crippen molar-refractivity contribution in [2.75, 3.05) is 13.2 Å². The Kier molecular flexibility index (Phi) is 5.66. The summed E-state index contributed by atoms with van der Waals surface area (Å²) in [6.45, 7) is 1.68. The molecule has 3 rings (SSSR count). The quantitative estimate of drug-likeness (QED) is 0.519. The molecule has 0 radical (unpaired) electrons. The molecule has 0 aliphatic carbocycles. The van der Waals surface area contributed by atoms with Gasteiger partial charge in [-0.3, -0.25) is 0 Å². The molecule has 0 atom stereocenters. The zero-order chi connectivity index (χ0) is 18.4. The van der Waals surface area contributed by atoms with Crippen molar-refractivity contribution in [1.29, 1.82) is 0 Å². The van der Waals surface area contributed by atoms with Gasteiger partial charge >= 0.3 is 5.97 Å². The molecule has 134 valence electrons. The summed E-state index contributed by atoms with van der Waals surface area (Å²) >= 11 is 0. The summed E-state index contributed by atoms with van der Waals surface area (Å²) in [6, 6.07) is 16.4. The third-order valence-electron chi connectivity index (χ3n) is 3.71. The van der Waals surface area contributed by atoms with Crippen LogP contribution in [0.4, 0.5) is 0 Å². The molecular weight excluding hydrogens is 334 g/mol. The molecule has 0 spiro atoms. The minimum absolute atomic E-state index is 0.358. The highest BCUT2D eigenvalue weighted by molar-refractivity contribution is 5.73. The van der Waals surface area contributed by atoms with E-state index >= 15 is 0 Å². The van der Waals surface area contributed by atoms with Gasteiger partial charge in [-0.05, 0) is 43.3 Å². The maximum Gasteiger partial charge on any atom is 0.337 e. The SMILES string of the molecule is Cc1oc(-c2ccccc2)nc1CCOc1ccc(OC(=O)CO)cc1. The van der Waals surface area contributed by atoms with Crippen LogP contribution in [0, 0.1) is 6.92 Å². The van der Waals surface area contributed by atoms with Crippen molar-refractivity contribution in [3.63, 3.8) is 0 Å². The Morgan fingerprint density at radius 2 is 1.77 bits per heavy atom. The first kappa shape index (κ1) is 17.7. The Morgan fingerprint density at radius 3 is 2.46 bits per heavy atom. The average molecular weight is 353 g/mol. The Balaban J connectivity index is 1.55. The number of rotatable bonds is 7. The van der Waals surface area contributed by atoms with Crippen LogP contribution >= 0.6 is 0 Å². The first-order chi connectivity index (χ1) is 12.7. The van der Waals surface area contributed by atoms with Crippen molar-refractivity contribution in [3.8, 4) is 23.0 Å². The normalized spacial score (nSPS) is 10.5. The smallest absolute Gasteiger partial charge is 0.337 e. The largest absolute Gasteiger partial charge is 0.493 e. The van der Waals surface area contributed by atoms with Gasteiger partial charge in [0, 0.05) is 12.0 Å². The van der Waals surface area contributed by atoms with Crippen molar-refractivity contribution in [2.45, 2.75) is 13.3 Å². The summed E-state index contributed by atoms with van der Waals surface area (Å²) in [5.41, 5.74) is 1.80.